The number of ether oxygens (including phenoxy) is 2. The van der Waals surface area contributed by atoms with E-state index in [4.69, 9.17) is 4.74 Å². The Morgan fingerprint density at radius 3 is 2.38 bits per heavy atom. The summed E-state index contributed by atoms with van der Waals surface area (Å²) >= 11 is 1.30. The van der Waals surface area contributed by atoms with Gasteiger partial charge in [0.25, 0.3) is 0 Å². The van der Waals surface area contributed by atoms with Crippen molar-refractivity contribution in [2.24, 2.45) is 4.99 Å². The standard InChI is InChI=1S/C33H33F3N6O4S/c1-19(2)27-15-14-26(45-5)16-28(27)42-29(43)17-47-32(42)39-31(44)38-21(4)20(3)22-6-8-23(9-7-22)30-37-18-41(40-30)24-10-12-25(13-11-24)46-33(34,35)36/h6-16,18-19,29,43H,17H2,1-5H3,(H,38,44)/b21-20+,39-32-. The molecule has 0 aliphatic carbocycles. The monoisotopic (exact) mass is 666 g/mol. The van der Waals surface area contributed by atoms with Gasteiger partial charge in [-0.15, -0.1) is 18.3 Å². The van der Waals surface area contributed by atoms with E-state index in [1.807, 2.05) is 49.4 Å². The molecule has 0 saturated carbocycles. The summed E-state index contributed by atoms with van der Waals surface area (Å²) in [4.78, 5) is 23.3. The molecule has 0 radical (unpaired) electrons. The fourth-order valence-corrected chi connectivity index (χ4v) is 5.85. The van der Waals surface area contributed by atoms with Crippen LogP contribution in [0.25, 0.3) is 22.6 Å². The van der Waals surface area contributed by atoms with E-state index in [0.717, 1.165) is 28.0 Å². The lowest BCUT2D eigenvalue weighted by atomic mass is 10.00. The quantitative estimate of drug-likeness (QED) is 0.201. The summed E-state index contributed by atoms with van der Waals surface area (Å²) < 4.78 is 48.1. The smallest absolute Gasteiger partial charge is 0.497 e. The molecule has 4 aromatic rings. The van der Waals surface area contributed by atoms with E-state index in [9.17, 15) is 23.1 Å². The van der Waals surface area contributed by atoms with E-state index in [0.29, 0.717) is 33.9 Å². The van der Waals surface area contributed by atoms with Crippen LogP contribution in [0.15, 0.2) is 83.7 Å². The van der Waals surface area contributed by atoms with E-state index in [-0.39, 0.29) is 11.7 Å². The average molecular weight is 667 g/mol. The zero-order valence-corrected chi connectivity index (χ0v) is 27.1. The molecule has 1 unspecified atom stereocenters. The average Bonchev–Trinajstić information content (AvgIpc) is 3.67. The largest absolute Gasteiger partial charge is 0.573 e. The third-order valence-electron chi connectivity index (χ3n) is 7.44. The van der Waals surface area contributed by atoms with Crippen LogP contribution in [0.3, 0.4) is 0 Å². The van der Waals surface area contributed by atoms with Crippen LogP contribution in [0.2, 0.25) is 0 Å². The van der Waals surface area contributed by atoms with Gasteiger partial charge in [-0.25, -0.2) is 14.5 Å². The number of benzene rings is 3. The third kappa shape index (κ3) is 7.95. The molecule has 5 rings (SSSR count). The zero-order chi connectivity index (χ0) is 33.9. The predicted molar refractivity (Wildman–Crippen MR) is 176 cm³/mol. The second-order valence-corrected chi connectivity index (χ2v) is 11.9. The zero-order valence-electron chi connectivity index (χ0n) is 26.2. The number of thioether (sulfide) groups is 1. The minimum absolute atomic E-state index is 0.164. The number of nitrogens with zero attached hydrogens (tertiary/aromatic N) is 5. The van der Waals surface area contributed by atoms with Gasteiger partial charge in [0.15, 0.2) is 11.0 Å². The van der Waals surface area contributed by atoms with Gasteiger partial charge in [-0.05, 0) is 66.8 Å². The Morgan fingerprint density at radius 2 is 1.74 bits per heavy atom. The first-order valence-electron chi connectivity index (χ1n) is 14.6. The number of hydrogen-bond acceptors (Lipinski definition) is 7. The molecule has 2 heterocycles. The van der Waals surface area contributed by atoms with Crippen molar-refractivity contribution in [2.45, 2.75) is 46.2 Å². The first-order valence-corrected chi connectivity index (χ1v) is 15.6. The number of anilines is 1. The molecule has 3 aromatic carbocycles. The van der Waals surface area contributed by atoms with E-state index < -0.39 is 18.6 Å². The van der Waals surface area contributed by atoms with Gasteiger partial charge in [-0.3, -0.25) is 4.90 Å². The summed E-state index contributed by atoms with van der Waals surface area (Å²) in [6, 6.07) is 17.8. The molecule has 10 nitrogen and oxygen atoms in total. The molecule has 1 aliphatic rings. The summed E-state index contributed by atoms with van der Waals surface area (Å²) in [7, 11) is 1.58. The number of carbonyl (C=O) groups excluding carboxylic acids is 1. The molecule has 2 N–H and O–H groups in total. The first-order chi connectivity index (χ1) is 22.3. The Morgan fingerprint density at radius 1 is 1.06 bits per heavy atom. The van der Waals surface area contributed by atoms with Gasteiger partial charge in [0, 0.05) is 23.1 Å². The number of rotatable bonds is 8. The van der Waals surface area contributed by atoms with Gasteiger partial charge in [0.05, 0.1) is 18.5 Å². The number of aromatic nitrogens is 3. The van der Waals surface area contributed by atoms with E-state index in [1.165, 1.54) is 47.0 Å². The van der Waals surface area contributed by atoms with Crippen molar-refractivity contribution in [1.82, 2.24) is 20.1 Å². The maximum Gasteiger partial charge on any atom is 0.573 e. The second-order valence-electron chi connectivity index (χ2n) is 10.9. The summed E-state index contributed by atoms with van der Waals surface area (Å²) in [5.74, 6) is 1.25. The number of allylic oxidation sites excluding steroid dienone is 2. The fraction of sp³-hybridized carbons (Fsp3) is 0.273. The molecule has 1 saturated heterocycles. The number of aliphatic imine (C=N–C) groups is 1. The molecule has 1 atom stereocenters. The highest BCUT2D eigenvalue weighted by molar-refractivity contribution is 8.14. The van der Waals surface area contributed by atoms with Crippen LogP contribution in [-0.4, -0.2) is 56.5 Å². The number of methoxy groups -OCH3 is 1. The Hall–Kier alpha value is -4.82. The lowest BCUT2D eigenvalue weighted by molar-refractivity contribution is -0.274. The van der Waals surface area contributed by atoms with Gasteiger partial charge in [0.2, 0.25) is 0 Å². The molecule has 1 aromatic heterocycles. The number of alkyl halides is 3. The van der Waals surface area contributed by atoms with Crippen LogP contribution in [0.1, 0.15) is 44.7 Å². The molecular weight excluding hydrogens is 633 g/mol. The van der Waals surface area contributed by atoms with Crippen LogP contribution in [0.5, 0.6) is 11.5 Å². The maximum atomic E-state index is 13.1. The molecule has 0 bridgehead atoms. The van der Waals surface area contributed by atoms with Crippen LogP contribution in [0, 0.1) is 0 Å². The molecule has 47 heavy (non-hydrogen) atoms. The summed E-state index contributed by atoms with van der Waals surface area (Å²) in [5, 5.41) is 18.5. The number of aliphatic hydroxyl groups is 1. The lowest BCUT2D eigenvalue weighted by Gasteiger charge is -2.26. The number of aliphatic hydroxyl groups excluding tert-OH is 1. The Kier molecular flexibility index (Phi) is 9.91. The van der Waals surface area contributed by atoms with Gasteiger partial charge < -0.3 is 19.9 Å². The van der Waals surface area contributed by atoms with Crippen molar-refractivity contribution in [3.8, 4) is 28.6 Å². The molecule has 14 heteroatoms. The molecule has 246 valence electrons. The van der Waals surface area contributed by atoms with E-state index in [2.05, 4.69) is 39.0 Å². The Bertz CT molecular complexity index is 1800. The van der Waals surface area contributed by atoms with Crippen molar-refractivity contribution in [3.63, 3.8) is 0 Å². The van der Waals surface area contributed by atoms with Crippen LogP contribution in [0.4, 0.5) is 23.7 Å². The van der Waals surface area contributed by atoms with E-state index in [1.54, 1.807) is 18.9 Å². The number of amides is 2. The third-order valence-corrected chi connectivity index (χ3v) is 8.45. The molecule has 2 amide bonds. The van der Waals surface area contributed by atoms with Gasteiger partial charge >= 0.3 is 12.4 Å². The number of amidine groups is 1. The van der Waals surface area contributed by atoms with Crippen LogP contribution in [-0.2, 0) is 0 Å². The Balaban J connectivity index is 1.28. The van der Waals surface area contributed by atoms with Crippen molar-refractivity contribution in [3.05, 3.63) is 89.9 Å². The SMILES string of the molecule is COc1ccc(C(C)C)c(N2/C(=N/C(=O)N/C(C)=C(\C)c3ccc(-c4ncn(-c5ccc(OC(F)(F)F)cc5)n4)cc3)SCC2O)c1. The Labute approximate surface area is 273 Å². The molecule has 1 aliphatic heterocycles. The summed E-state index contributed by atoms with van der Waals surface area (Å²) in [6.07, 6.45) is -4.15. The number of carbonyl (C=O) groups is 1. The van der Waals surface area contributed by atoms with Crippen LogP contribution < -0.4 is 19.7 Å². The topological polar surface area (TPSA) is 114 Å². The van der Waals surface area contributed by atoms with Crippen molar-refractivity contribution < 1.29 is 32.5 Å². The lowest BCUT2D eigenvalue weighted by Crippen LogP contribution is -2.35. The number of hydrogen-bond donors (Lipinski definition) is 2. The predicted octanol–water partition coefficient (Wildman–Crippen LogP) is 7.35. The number of nitrogens with one attached hydrogen (secondary N) is 1. The first kappa shape index (κ1) is 33.5. The minimum Gasteiger partial charge on any atom is -0.497 e. The molecular formula is C33H33F3N6O4S. The minimum atomic E-state index is -4.77. The number of halogens is 3. The highest BCUT2D eigenvalue weighted by Crippen LogP contribution is 2.37. The molecule has 1 fully saturated rings. The van der Waals surface area contributed by atoms with Crippen molar-refractivity contribution >= 4 is 34.2 Å². The van der Waals surface area contributed by atoms with Crippen molar-refractivity contribution in [1.29, 1.82) is 0 Å². The van der Waals surface area contributed by atoms with Crippen molar-refractivity contribution in [2.75, 3.05) is 17.8 Å². The highest BCUT2D eigenvalue weighted by atomic mass is 32.2. The fourth-order valence-electron chi connectivity index (χ4n) is 4.89. The molecule has 0 spiro atoms. The van der Waals surface area contributed by atoms with Gasteiger partial charge in [-0.2, -0.15) is 4.99 Å². The highest BCUT2D eigenvalue weighted by Gasteiger charge is 2.33. The normalized spacial score (nSPS) is 16.4. The summed E-state index contributed by atoms with van der Waals surface area (Å²) in [6.45, 7) is 7.77. The summed E-state index contributed by atoms with van der Waals surface area (Å²) in [5.41, 5.74) is 5.24. The van der Waals surface area contributed by atoms with Gasteiger partial charge in [0.1, 0.15) is 24.1 Å². The van der Waals surface area contributed by atoms with Gasteiger partial charge in [-0.1, -0.05) is 55.9 Å². The second kappa shape index (κ2) is 13.9. The van der Waals surface area contributed by atoms with E-state index >= 15 is 0 Å². The number of urea groups is 1. The maximum absolute atomic E-state index is 13.1. The van der Waals surface area contributed by atoms with Crippen LogP contribution >= 0.6 is 11.8 Å².